The van der Waals surface area contributed by atoms with Gasteiger partial charge in [-0.15, -0.1) is 0 Å². The van der Waals surface area contributed by atoms with Crippen molar-refractivity contribution in [2.75, 3.05) is 0 Å². The van der Waals surface area contributed by atoms with Crippen LogP contribution in [0.2, 0.25) is 5.02 Å². The van der Waals surface area contributed by atoms with Crippen molar-refractivity contribution in [3.63, 3.8) is 0 Å². The van der Waals surface area contributed by atoms with Crippen molar-refractivity contribution in [1.82, 2.24) is 4.57 Å². The first-order valence-electron chi connectivity index (χ1n) is 11.1. The number of carbonyl (C=O) groups is 1. The molecule has 0 aliphatic heterocycles. The quantitative estimate of drug-likeness (QED) is 0.257. The van der Waals surface area contributed by atoms with Gasteiger partial charge in [0.15, 0.2) is 0 Å². The number of benzene rings is 4. The summed E-state index contributed by atoms with van der Waals surface area (Å²) in [5.74, 6) is -1.93. The summed E-state index contributed by atoms with van der Waals surface area (Å²) in [5.41, 5.74) is 3.30. The van der Waals surface area contributed by atoms with Crippen LogP contribution in [0.4, 0.5) is 8.78 Å². The van der Waals surface area contributed by atoms with Crippen LogP contribution >= 0.6 is 11.6 Å². The number of nitrogens with zero attached hydrogens (tertiary/aromatic N) is 1. The van der Waals surface area contributed by atoms with Gasteiger partial charge in [-0.1, -0.05) is 35.9 Å². The summed E-state index contributed by atoms with van der Waals surface area (Å²) in [5, 5.41) is 11.8. The molecule has 0 fully saturated rings. The van der Waals surface area contributed by atoms with Crippen molar-refractivity contribution in [2.45, 2.75) is 13.5 Å². The summed E-state index contributed by atoms with van der Waals surface area (Å²) in [6, 6.07) is 23.1. The van der Waals surface area contributed by atoms with E-state index in [1.54, 1.807) is 36.4 Å². The van der Waals surface area contributed by atoms with Crippen LogP contribution in [-0.4, -0.2) is 15.6 Å². The molecule has 0 aliphatic carbocycles. The highest BCUT2D eigenvalue weighted by Crippen LogP contribution is 2.37. The van der Waals surface area contributed by atoms with Gasteiger partial charge in [-0.05, 0) is 72.3 Å². The van der Waals surface area contributed by atoms with Crippen molar-refractivity contribution in [2.24, 2.45) is 0 Å². The lowest BCUT2D eigenvalue weighted by atomic mass is 10.0. The number of aromatic carboxylic acids is 1. The molecule has 4 nitrogen and oxygen atoms in total. The lowest BCUT2D eigenvalue weighted by molar-refractivity contribution is 0.0699. The molecule has 36 heavy (non-hydrogen) atoms. The molecule has 5 aromatic rings. The van der Waals surface area contributed by atoms with E-state index < -0.39 is 17.6 Å². The number of carboxylic acid groups (broad SMARTS) is 1. The molecule has 0 amide bonds. The van der Waals surface area contributed by atoms with Crippen LogP contribution < -0.4 is 4.74 Å². The first kappa shape index (κ1) is 23.6. The zero-order valence-corrected chi connectivity index (χ0v) is 19.9. The molecule has 0 unspecified atom stereocenters. The van der Waals surface area contributed by atoms with E-state index in [9.17, 15) is 18.7 Å². The fourth-order valence-electron chi connectivity index (χ4n) is 4.31. The predicted molar refractivity (Wildman–Crippen MR) is 136 cm³/mol. The Kier molecular flexibility index (Phi) is 6.20. The van der Waals surface area contributed by atoms with Gasteiger partial charge in [0.05, 0.1) is 11.3 Å². The summed E-state index contributed by atoms with van der Waals surface area (Å²) in [7, 11) is 0. The Labute approximate surface area is 211 Å². The molecule has 180 valence electrons. The second-order valence-corrected chi connectivity index (χ2v) is 8.82. The normalized spacial score (nSPS) is 11.1. The summed E-state index contributed by atoms with van der Waals surface area (Å²) < 4.78 is 35.3. The van der Waals surface area contributed by atoms with Gasteiger partial charge in [-0.2, -0.15) is 0 Å². The van der Waals surface area contributed by atoms with Gasteiger partial charge in [0.1, 0.15) is 24.0 Å². The summed E-state index contributed by atoms with van der Waals surface area (Å²) in [6.07, 6.45) is 0. The summed E-state index contributed by atoms with van der Waals surface area (Å²) >= 11 is 6.33. The van der Waals surface area contributed by atoms with Crippen LogP contribution in [0.25, 0.3) is 27.7 Å². The molecule has 0 radical (unpaired) electrons. The van der Waals surface area contributed by atoms with Gasteiger partial charge < -0.3 is 14.4 Å². The molecule has 7 heteroatoms. The topological polar surface area (TPSA) is 51.5 Å². The van der Waals surface area contributed by atoms with Crippen molar-refractivity contribution in [3.05, 3.63) is 118 Å². The van der Waals surface area contributed by atoms with Crippen LogP contribution in [-0.2, 0) is 6.61 Å². The van der Waals surface area contributed by atoms with Crippen LogP contribution in [0.1, 0.15) is 21.6 Å². The second kappa shape index (κ2) is 9.47. The SMILES string of the molecule is Cc1ccc(-c2cc(Cl)ccc2OCc2ccc(F)cc2F)n1-c1cc(C(=O)O)c2ccccc2c1. The summed E-state index contributed by atoms with van der Waals surface area (Å²) in [6.45, 7) is 1.80. The van der Waals surface area contributed by atoms with Crippen LogP contribution in [0, 0.1) is 18.6 Å². The number of carboxylic acids is 1. The highest BCUT2D eigenvalue weighted by Gasteiger charge is 2.18. The molecule has 5 rings (SSSR count). The number of hydrogen-bond acceptors (Lipinski definition) is 2. The lowest BCUT2D eigenvalue weighted by Crippen LogP contribution is -2.05. The van der Waals surface area contributed by atoms with Crippen molar-refractivity contribution in [3.8, 4) is 22.7 Å². The first-order valence-corrected chi connectivity index (χ1v) is 11.5. The van der Waals surface area contributed by atoms with Crippen molar-refractivity contribution >= 4 is 28.3 Å². The number of aryl methyl sites for hydroxylation is 1. The average Bonchev–Trinajstić information content (AvgIpc) is 3.24. The Bertz CT molecular complexity index is 1630. The van der Waals surface area contributed by atoms with Gasteiger partial charge in [0, 0.05) is 33.6 Å². The number of aromatic nitrogens is 1. The molecular formula is C29H20ClF2NO3. The zero-order valence-electron chi connectivity index (χ0n) is 19.1. The maximum Gasteiger partial charge on any atom is 0.336 e. The molecule has 1 heterocycles. The Morgan fingerprint density at radius 1 is 0.972 bits per heavy atom. The van der Waals surface area contributed by atoms with Crippen molar-refractivity contribution in [1.29, 1.82) is 0 Å². The Hall–Kier alpha value is -4.16. The Morgan fingerprint density at radius 2 is 1.78 bits per heavy atom. The maximum atomic E-state index is 14.2. The molecule has 0 aliphatic rings. The third-order valence-corrected chi connectivity index (χ3v) is 6.26. The van der Waals surface area contributed by atoms with E-state index in [-0.39, 0.29) is 17.7 Å². The predicted octanol–water partition coefficient (Wildman–Crippen LogP) is 7.81. The molecule has 4 aromatic carbocycles. The molecule has 0 bridgehead atoms. The maximum absolute atomic E-state index is 14.2. The van der Waals surface area contributed by atoms with Crippen LogP contribution in [0.5, 0.6) is 5.75 Å². The van der Waals surface area contributed by atoms with Crippen LogP contribution in [0.3, 0.4) is 0 Å². The van der Waals surface area contributed by atoms with Crippen LogP contribution in [0.15, 0.2) is 84.9 Å². The van der Waals surface area contributed by atoms with Crippen molar-refractivity contribution < 1.29 is 23.4 Å². The van der Waals surface area contributed by atoms with E-state index in [0.29, 0.717) is 27.4 Å². The minimum absolute atomic E-state index is 0.112. The van der Waals surface area contributed by atoms with E-state index >= 15 is 0 Å². The third kappa shape index (κ3) is 4.43. The monoisotopic (exact) mass is 503 g/mol. The highest BCUT2D eigenvalue weighted by molar-refractivity contribution is 6.31. The molecule has 0 saturated carbocycles. The zero-order chi connectivity index (χ0) is 25.4. The van der Waals surface area contributed by atoms with Gasteiger partial charge in [0.25, 0.3) is 0 Å². The summed E-state index contributed by atoms with van der Waals surface area (Å²) in [4.78, 5) is 12.0. The Morgan fingerprint density at radius 3 is 2.56 bits per heavy atom. The fourth-order valence-corrected chi connectivity index (χ4v) is 4.49. The second-order valence-electron chi connectivity index (χ2n) is 8.38. The Balaban J connectivity index is 1.62. The molecule has 1 N–H and O–H groups in total. The van der Waals surface area contributed by atoms with E-state index in [1.807, 2.05) is 41.8 Å². The molecule has 0 saturated heterocycles. The number of ether oxygens (including phenoxy) is 1. The van der Waals surface area contributed by atoms with E-state index in [4.69, 9.17) is 16.3 Å². The average molecular weight is 504 g/mol. The first-order chi connectivity index (χ1) is 17.3. The minimum Gasteiger partial charge on any atom is -0.488 e. The van der Waals surface area contributed by atoms with E-state index in [1.165, 1.54) is 12.1 Å². The lowest BCUT2D eigenvalue weighted by Gasteiger charge is -2.17. The van der Waals surface area contributed by atoms with Gasteiger partial charge in [-0.3, -0.25) is 0 Å². The largest absolute Gasteiger partial charge is 0.488 e. The minimum atomic E-state index is -1.02. The molecule has 0 atom stereocenters. The smallest absolute Gasteiger partial charge is 0.336 e. The van der Waals surface area contributed by atoms with Gasteiger partial charge in [0.2, 0.25) is 0 Å². The van der Waals surface area contributed by atoms with Gasteiger partial charge in [-0.25, -0.2) is 13.6 Å². The number of fused-ring (bicyclic) bond motifs is 1. The standard InChI is InChI=1S/C29H20ClF2NO3/c1-17-6-10-27(33(17)22-12-18-4-2-3-5-23(18)24(15-22)29(34)35)25-13-20(30)8-11-28(25)36-16-19-7-9-21(31)14-26(19)32/h2-15H,16H2,1H3,(H,34,35). The van der Waals surface area contributed by atoms with Gasteiger partial charge >= 0.3 is 5.97 Å². The molecular weight excluding hydrogens is 484 g/mol. The fraction of sp³-hybridized carbons (Fsp3) is 0.0690. The third-order valence-electron chi connectivity index (χ3n) is 6.03. The number of hydrogen-bond donors (Lipinski definition) is 1. The number of halogens is 3. The molecule has 1 aromatic heterocycles. The highest BCUT2D eigenvalue weighted by atomic mass is 35.5. The van der Waals surface area contributed by atoms with E-state index in [0.717, 1.165) is 22.8 Å². The molecule has 0 spiro atoms. The number of rotatable bonds is 6. The van der Waals surface area contributed by atoms with E-state index in [2.05, 4.69) is 0 Å².